The van der Waals surface area contributed by atoms with Gasteiger partial charge in [0.15, 0.2) is 0 Å². The van der Waals surface area contributed by atoms with Crippen molar-refractivity contribution in [2.45, 2.75) is 51.5 Å². The highest BCUT2D eigenvalue weighted by Gasteiger charge is 2.52. The van der Waals surface area contributed by atoms with Crippen LogP contribution in [0.1, 0.15) is 32.8 Å². The van der Waals surface area contributed by atoms with Gasteiger partial charge >= 0.3 is 18.1 Å². The number of carboxylic acids is 1. The fourth-order valence-electron chi connectivity index (χ4n) is 3.74. The molecule has 2 N–H and O–H groups in total. The Labute approximate surface area is 169 Å². The average Bonchev–Trinajstić information content (AvgIpc) is 2.88. The van der Waals surface area contributed by atoms with Gasteiger partial charge in [-0.15, -0.1) is 0 Å². The van der Waals surface area contributed by atoms with Gasteiger partial charge in [0, 0.05) is 19.0 Å². The Balaban J connectivity index is 1.65. The van der Waals surface area contributed by atoms with E-state index >= 15 is 0 Å². The number of hydrogen-bond acceptors (Lipinski definition) is 5. The van der Waals surface area contributed by atoms with E-state index in [0.717, 1.165) is 5.56 Å². The quantitative estimate of drug-likeness (QED) is 0.751. The fourth-order valence-corrected chi connectivity index (χ4v) is 3.74. The van der Waals surface area contributed by atoms with Crippen LogP contribution < -0.4 is 5.32 Å². The lowest BCUT2D eigenvalue weighted by Gasteiger charge is -2.35. The number of carboxylic acid groups (broad SMARTS) is 1. The number of alkyl carbamates (subject to hydrolysis) is 1. The zero-order valence-corrected chi connectivity index (χ0v) is 16.8. The smallest absolute Gasteiger partial charge is 0.407 e. The van der Waals surface area contributed by atoms with Gasteiger partial charge in [-0.05, 0) is 32.8 Å². The molecule has 1 aromatic carbocycles. The van der Waals surface area contributed by atoms with Crippen LogP contribution in [0.2, 0.25) is 0 Å². The van der Waals surface area contributed by atoms with Crippen molar-refractivity contribution in [2.24, 2.45) is 5.92 Å². The summed E-state index contributed by atoms with van der Waals surface area (Å²) in [7, 11) is 0. The van der Waals surface area contributed by atoms with Crippen LogP contribution in [0.15, 0.2) is 30.3 Å². The first-order chi connectivity index (χ1) is 13.7. The number of rotatable bonds is 6. The SMILES string of the molecule is CC(C)(C)OC(=O)NC[C@@H]1C[C@@H]2CN(C(=O)N2OCc2ccccc2)[C@@H]1C(=O)O. The predicted molar refractivity (Wildman–Crippen MR) is 103 cm³/mol. The second-order valence-corrected chi connectivity index (χ2v) is 8.34. The van der Waals surface area contributed by atoms with E-state index in [1.165, 1.54) is 9.96 Å². The van der Waals surface area contributed by atoms with Gasteiger partial charge in [0.1, 0.15) is 18.2 Å². The lowest BCUT2D eigenvalue weighted by Crippen LogP contribution is -2.53. The molecule has 0 unspecified atom stereocenters. The van der Waals surface area contributed by atoms with Crippen LogP contribution in [0.5, 0.6) is 0 Å². The number of hydrogen-bond donors (Lipinski definition) is 2. The van der Waals surface area contributed by atoms with Crippen LogP contribution in [0.3, 0.4) is 0 Å². The molecule has 0 aromatic heterocycles. The number of fused-ring (bicyclic) bond motifs is 2. The molecule has 0 aliphatic carbocycles. The van der Waals surface area contributed by atoms with E-state index in [1.54, 1.807) is 20.8 Å². The lowest BCUT2D eigenvalue weighted by atomic mass is 9.88. The van der Waals surface area contributed by atoms with Crippen molar-refractivity contribution in [2.75, 3.05) is 13.1 Å². The number of carbonyl (C=O) groups excluding carboxylic acids is 2. The number of carbonyl (C=O) groups is 3. The van der Waals surface area contributed by atoms with Crippen molar-refractivity contribution < 1.29 is 29.1 Å². The molecule has 2 fully saturated rings. The minimum Gasteiger partial charge on any atom is -0.480 e. The number of piperidine rings is 1. The minimum atomic E-state index is -1.10. The standard InChI is InChI=1S/C20H27N3O6/c1-20(2,3)29-18(26)21-10-14-9-15-11-22(16(14)17(24)25)19(27)23(15)28-12-13-7-5-4-6-8-13/h4-8,14-16H,9-12H2,1-3H3,(H,21,26)(H,24,25)/t14-,15+,16-/m0/s1. The van der Waals surface area contributed by atoms with Crippen molar-refractivity contribution in [3.05, 3.63) is 35.9 Å². The van der Waals surface area contributed by atoms with Crippen LogP contribution in [-0.2, 0) is 21.0 Å². The molecule has 29 heavy (non-hydrogen) atoms. The van der Waals surface area contributed by atoms with Crippen molar-refractivity contribution in [3.63, 3.8) is 0 Å². The van der Waals surface area contributed by atoms with Gasteiger partial charge in [-0.3, -0.25) is 4.84 Å². The molecule has 9 nitrogen and oxygen atoms in total. The number of urea groups is 1. The van der Waals surface area contributed by atoms with E-state index in [0.29, 0.717) is 6.42 Å². The number of amides is 3. The Hall–Kier alpha value is -2.81. The van der Waals surface area contributed by atoms with Crippen LogP contribution in [0.25, 0.3) is 0 Å². The van der Waals surface area contributed by atoms with Crippen LogP contribution in [-0.4, -0.2) is 63.9 Å². The van der Waals surface area contributed by atoms with Crippen molar-refractivity contribution in [1.29, 1.82) is 0 Å². The number of benzene rings is 1. The molecule has 2 aliphatic rings. The third kappa shape index (κ3) is 4.97. The molecule has 2 bridgehead atoms. The molecule has 0 spiro atoms. The second-order valence-electron chi connectivity index (χ2n) is 8.34. The first-order valence-corrected chi connectivity index (χ1v) is 9.62. The molecule has 2 heterocycles. The molecule has 9 heteroatoms. The molecule has 3 rings (SSSR count). The molecule has 3 amide bonds. The van der Waals surface area contributed by atoms with E-state index in [2.05, 4.69) is 5.32 Å². The summed E-state index contributed by atoms with van der Waals surface area (Å²) in [5.41, 5.74) is 0.262. The van der Waals surface area contributed by atoms with E-state index in [-0.39, 0.29) is 25.7 Å². The number of hydroxylamine groups is 2. The summed E-state index contributed by atoms with van der Waals surface area (Å²) in [4.78, 5) is 43.6. The Bertz CT molecular complexity index is 763. The van der Waals surface area contributed by atoms with E-state index in [1.807, 2.05) is 30.3 Å². The van der Waals surface area contributed by atoms with Gasteiger partial charge in [0.05, 0.1) is 6.04 Å². The summed E-state index contributed by atoms with van der Waals surface area (Å²) in [6.07, 6.45) is -0.206. The van der Waals surface area contributed by atoms with E-state index in [4.69, 9.17) is 9.57 Å². The molecule has 0 saturated carbocycles. The normalized spacial score (nSPS) is 23.8. The van der Waals surface area contributed by atoms with E-state index in [9.17, 15) is 19.5 Å². The first-order valence-electron chi connectivity index (χ1n) is 9.62. The highest BCUT2D eigenvalue weighted by atomic mass is 16.7. The topological polar surface area (TPSA) is 108 Å². The van der Waals surface area contributed by atoms with Crippen molar-refractivity contribution in [3.8, 4) is 0 Å². The molecule has 1 aromatic rings. The van der Waals surface area contributed by atoms with Gasteiger partial charge < -0.3 is 20.1 Å². The summed E-state index contributed by atoms with van der Waals surface area (Å²) in [6.45, 7) is 5.85. The average molecular weight is 405 g/mol. The molecular formula is C20H27N3O6. The second kappa shape index (κ2) is 8.28. The zero-order valence-electron chi connectivity index (χ0n) is 16.8. The summed E-state index contributed by atoms with van der Waals surface area (Å²) < 4.78 is 5.21. The summed E-state index contributed by atoms with van der Waals surface area (Å²) in [5, 5.41) is 13.6. The highest BCUT2D eigenvalue weighted by Crippen LogP contribution is 2.34. The van der Waals surface area contributed by atoms with Crippen LogP contribution in [0, 0.1) is 5.92 Å². The maximum atomic E-state index is 12.7. The van der Waals surface area contributed by atoms with Crippen molar-refractivity contribution >= 4 is 18.1 Å². The summed E-state index contributed by atoms with van der Waals surface area (Å²) in [5.74, 6) is -1.55. The third-order valence-electron chi connectivity index (χ3n) is 4.90. The van der Waals surface area contributed by atoms with Crippen molar-refractivity contribution in [1.82, 2.24) is 15.3 Å². The summed E-state index contributed by atoms with van der Waals surface area (Å²) in [6, 6.07) is 7.67. The van der Waals surface area contributed by atoms with Gasteiger partial charge in [-0.1, -0.05) is 30.3 Å². The third-order valence-corrected chi connectivity index (χ3v) is 4.90. The number of nitrogens with one attached hydrogen (secondary N) is 1. The zero-order chi connectivity index (χ0) is 21.2. The Kier molecular flexibility index (Phi) is 5.97. The number of nitrogens with zero attached hydrogens (tertiary/aromatic N) is 2. The Morgan fingerprint density at radius 1 is 1.24 bits per heavy atom. The highest BCUT2D eigenvalue weighted by molar-refractivity contribution is 5.85. The minimum absolute atomic E-state index is 0.0959. The molecule has 0 radical (unpaired) electrons. The van der Waals surface area contributed by atoms with Gasteiger partial charge in [0.2, 0.25) is 0 Å². The van der Waals surface area contributed by atoms with Crippen LogP contribution >= 0.6 is 0 Å². The molecule has 2 saturated heterocycles. The summed E-state index contributed by atoms with van der Waals surface area (Å²) >= 11 is 0. The maximum absolute atomic E-state index is 12.7. The Morgan fingerprint density at radius 3 is 2.55 bits per heavy atom. The molecule has 158 valence electrons. The van der Waals surface area contributed by atoms with Gasteiger partial charge in [-0.2, -0.15) is 5.06 Å². The monoisotopic (exact) mass is 405 g/mol. The Morgan fingerprint density at radius 2 is 1.93 bits per heavy atom. The number of aliphatic carboxylic acids is 1. The lowest BCUT2D eigenvalue weighted by molar-refractivity contribution is -0.147. The maximum Gasteiger partial charge on any atom is 0.407 e. The fraction of sp³-hybridized carbons (Fsp3) is 0.550. The molecular weight excluding hydrogens is 378 g/mol. The van der Waals surface area contributed by atoms with Gasteiger partial charge in [0.25, 0.3) is 0 Å². The first kappa shape index (κ1) is 20.9. The van der Waals surface area contributed by atoms with E-state index < -0.39 is 35.7 Å². The predicted octanol–water partition coefficient (Wildman–Crippen LogP) is 2.22. The van der Waals surface area contributed by atoms with Crippen LogP contribution in [0.4, 0.5) is 9.59 Å². The largest absolute Gasteiger partial charge is 0.480 e. The molecule has 3 atom stereocenters. The van der Waals surface area contributed by atoms with Gasteiger partial charge in [-0.25, -0.2) is 14.4 Å². The number of ether oxygens (including phenoxy) is 1. The molecule has 2 aliphatic heterocycles.